The van der Waals surface area contributed by atoms with Crippen molar-refractivity contribution in [2.45, 2.75) is 44.3 Å². The van der Waals surface area contributed by atoms with Crippen molar-refractivity contribution in [3.8, 4) is 0 Å². The third kappa shape index (κ3) is 2.91. The van der Waals surface area contributed by atoms with E-state index in [1.54, 1.807) is 4.57 Å². The topological polar surface area (TPSA) is 88.0 Å². The number of hydrogen-bond acceptors (Lipinski definition) is 4. The number of carboxylic acids is 1. The molecule has 1 rings (SSSR count). The maximum Gasteiger partial charge on any atom is 0.344 e. The van der Waals surface area contributed by atoms with Crippen LogP contribution >= 0.6 is 11.8 Å². The van der Waals surface area contributed by atoms with Crippen LogP contribution in [0.2, 0.25) is 0 Å². The summed E-state index contributed by atoms with van der Waals surface area (Å²) in [5.74, 6) is -1.03. The van der Waals surface area contributed by atoms with Gasteiger partial charge < -0.3 is 5.11 Å². The van der Waals surface area contributed by atoms with Crippen LogP contribution in [0.25, 0.3) is 0 Å². The maximum atomic E-state index is 11.7. The van der Waals surface area contributed by atoms with E-state index in [0.717, 1.165) is 24.6 Å². The predicted molar refractivity (Wildman–Crippen MR) is 65.4 cm³/mol. The number of carbonyl (C=O) groups is 1. The van der Waals surface area contributed by atoms with Crippen molar-refractivity contribution in [3.05, 3.63) is 10.5 Å². The summed E-state index contributed by atoms with van der Waals surface area (Å²) in [5, 5.41) is 15.3. The molecule has 0 aliphatic carbocycles. The molecule has 6 nitrogen and oxygen atoms in total. The first-order valence-corrected chi connectivity index (χ1v) is 6.45. The molecule has 17 heavy (non-hydrogen) atoms. The molecule has 0 amide bonds. The van der Waals surface area contributed by atoms with Gasteiger partial charge in [-0.15, -0.1) is 5.10 Å². The van der Waals surface area contributed by atoms with E-state index in [-0.39, 0.29) is 17.0 Å². The molecule has 0 bridgehead atoms. The average molecular weight is 259 g/mol. The van der Waals surface area contributed by atoms with Crippen LogP contribution in [0.5, 0.6) is 0 Å². The van der Waals surface area contributed by atoms with E-state index in [2.05, 4.69) is 10.2 Å². The highest BCUT2D eigenvalue weighted by Gasteiger charge is 2.28. The Morgan fingerprint density at radius 3 is 2.59 bits per heavy atom. The summed E-state index contributed by atoms with van der Waals surface area (Å²) >= 11 is 1.05. The van der Waals surface area contributed by atoms with Crippen LogP contribution in [0.1, 0.15) is 33.6 Å². The van der Waals surface area contributed by atoms with Crippen LogP contribution in [0, 0.1) is 0 Å². The van der Waals surface area contributed by atoms with E-state index in [4.69, 9.17) is 5.11 Å². The highest BCUT2D eigenvalue weighted by molar-refractivity contribution is 7.99. The van der Waals surface area contributed by atoms with Crippen LogP contribution < -0.4 is 5.69 Å². The highest BCUT2D eigenvalue weighted by Crippen LogP contribution is 2.27. The Morgan fingerprint density at radius 2 is 2.12 bits per heavy atom. The number of carboxylic acid groups (broad SMARTS) is 1. The van der Waals surface area contributed by atoms with Gasteiger partial charge >= 0.3 is 11.7 Å². The normalized spacial score (nSPS) is 11.7. The van der Waals surface area contributed by atoms with Gasteiger partial charge in [-0.1, -0.05) is 25.6 Å². The summed E-state index contributed by atoms with van der Waals surface area (Å²) in [6, 6.07) is 0. The molecule has 96 valence electrons. The molecule has 0 spiro atoms. The maximum absolute atomic E-state index is 11.7. The second-order valence-corrected chi connectivity index (χ2v) is 4.98. The number of hydrogen-bond donors (Lipinski definition) is 2. The lowest BCUT2D eigenvalue weighted by molar-refractivity contribution is -0.133. The molecule has 0 aliphatic heterocycles. The van der Waals surface area contributed by atoms with Crippen molar-refractivity contribution >= 4 is 17.7 Å². The van der Waals surface area contributed by atoms with Gasteiger partial charge in [0.15, 0.2) is 5.16 Å². The lowest BCUT2D eigenvalue weighted by Crippen LogP contribution is -2.37. The standard InChI is InChI=1S/C10H17N3O3S/c1-4-10(3,5-2)13-8(16)11-12-9(13)17-6-7(14)15/h4-6H2,1-3H3,(H,11,16)(H,14,15). The zero-order chi connectivity index (χ0) is 13.1. The molecule has 0 fully saturated rings. The fourth-order valence-electron chi connectivity index (χ4n) is 1.55. The summed E-state index contributed by atoms with van der Waals surface area (Å²) in [7, 11) is 0. The number of aliphatic carboxylic acids is 1. The van der Waals surface area contributed by atoms with Gasteiger partial charge in [-0.05, 0) is 19.8 Å². The summed E-state index contributed by atoms with van der Waals surface area (Å²) in [6.07, 6.45) is 1.56. The second kappa shape index (κ2) is 5.39. The van der Waals surface area contributed by atoms with Gasteiger partial charge in [-0.2, -0.15) is 0 Å². The zero-order valence-electron chi connectivity index (χ0n) is 10.2. The van der Waals surface area contributed by atoms with E-state index in [1.165, 1.54) is 0 Å². The minimum Gasteiger partial charge on any atom is -0.481 e. The van der Waals surface area contributed by atoms with Gasteiger partial charge in [0.05, 0.1) is 5.75 Å². The summed E-state index contributed by atoms with van der Waals surface area (Å²) in [5.41, 5.74) is -0.616. The number of H-pyrrole nitrogens is 1. The molecule has 0 aromatic carbocycles. The molecule has 0 saturated heterocycles. The Kier molecular flexibility index (Phi) is 4.39. The van der Waals surface area contributed by atoms with Gasteiger partial charge in [0.2, 0.25) is 0 Å². The van der Waals surface area contributed by atoms with Crippen LogP contribution in [-0.2, 0) is 10.3 Å². The van der Waals surface area contributed by atoms with E-state index >= 15 is 0 Å². The first-order chi connectivity index (χ1) is 7.94. The minimum absolute atomic E-state index is 0.103. The third-order valence-corrected chi connectivity index (χ3v) is 3.95. The molecule has 2 N–H and O–H groups in total. The van der Waals surface area contributed by atoms with Crippen LogP contribution in [0.15, 0.2) is 9.95 Å². The number of rotatable bonds is 6. The van der Waals surface area contributed by atoms with Crippen LogP contribution in [0.3, 0.4) is 0 Å². The summed E-state index contributed by atoms with van der Waals surface area (Å²) in [6.45, 7) is 5.96. The van der Waals surface area contributed by atoms with Gasteiger partial charge in [0.1, 0.15) is 0 Å². The van der Waals surface area contributed by atoms with Crippen molar-refractivity contribution in [1.82, 2.24) is 14.8 Å². The lowest BCUT2D eigenvalue weighted by atomic mass is 9.95. The molecule has 1 aromatic rings. The lowest BCUT2D eigenvalue weighted by Gasteiger charge is -2.28. The van der Waals surface area contributed by atoms with Crippen molar-refractivity contribution in [2.24, 2.45) is 0 Å². The van der Waals surface area contributed by atoms with Crippen molar-refractivity contribution in [1.29, 1.82) is 0 Å². The van der Waals surface area contributed by atoms with Crippen LogP contribution in [0.4, 0.5) is 0 Å². The highest BCUT2D eigenvalue weighted by atomic mass is 32.2. The van der Waals surface area contributed by atoms with E-state index in [9.17, 15) is 9.59 Å². The fraction of sp³-hybridized carbons (Fsp3) is 0.700. The Bertz CT molecular complexity index is 448. The SMILES string of the molecule is CCC(C)(CC)n1c(SCC(=O)O)n[nH]c1=O. The molecule has 7 heteroatoms. The average Bonchev–Trinajstić information content (AvgIpc) is 2.67. The van der Waals surface area contributed by atoms with Gasteiger partial charge in [-0.3, -0.25) is 9.36 Å². The molecule has 0 unspecified atom stereocenters. The minimum atomic E-state index is -0.924. The smallest absolute Gasteiger partial charge is 0.344 e. The first kappa shape index (κ1) is 13.8. The van der Waals surface area contributed by atoms with Gasteiger partial charge in [0, 0.05) is 5.54 Å². The van der Waals surface area contributed by atoms with Crippen molar-refractivity contribution < 1.29 is 9.90 Å². The van der Waals surface area contributed by atoms with Crippen molar-refractivity contribution in [2.75, 3.05) is 5.75 Å². The molecule has 0 aliphatic rings. The first-order valence-electron chi connectivity index (χ1n) is 5.47. The Hall–Kier alpha value is -1.24. The molecule has 1 aromatic heterocycles. The Morgan fingerprint density at radius 1 is 1.53 bits per heavy atom. The molecule has 0 saturated carbocycles. The molecule has 0 atom stereocenters. The number of thioether (sulfide) groups is 1. The van der Waals surface area contributed by atoms with Crippen LogP contribution in [-0.4, -0.2) is 31.6 Å². The molecule has 0 radical (unpaired) electrons. The second-order valence-electron chi connectivity index (χ2n) is 4.03. The number of aromatic amines is 1. The number of nitrogens with zero attached hydrogens (tertiary/aromatic N) is 2. The number of nitrogens with one attached hydrogen (secondary N) is 1. The van der Waals surface area contributed by atoms with E-state index < -0.39 is 5.97 Å². The zero-order valence-corrected chi connectivity index (χ0v) is 11.0. The molecular formula is C10H17N3O3S. The Labute approximate surface area is 103 Å². The molecular weight excluding hydrogens is 242 g/mol. The summed E-state index contributed by atoms with van der Waals surface area (Å²) < 4.78 is 1.56. The van der Waals surface area contributed by atoms with Crippen molar-refractivity contribution in [3.63, 3.8) is 0 Å². The third-order valence-electron chi connectivity index (χ3n) is 3.03. The summed E-state index contributed by atoms with van der Waals surface area (Å²) in [4.78, 5) is 22.3. The van der Waals surface area contributed by atoms with E-state index in [0.29, 0.717) is 5.16 Å². The van der Waals surface area contributed by atoms with E-state index in [1.807, 2.05) is 20.8 Å². The predicted octanol–water partition coefficient (Wildman–Crippen LogP) is 1.28. The number of aromatic nitrogens is 3. The largest absolute Gasteiger partial charge is 0.481 e. The quantitative estimate of drug-likeness (QED) is 0.751. The Balaban J connectivity index is 3.09. The monoisotopic (exact) mass is 259 g/mol. The molecule has 1 heterocycles. The van der Waals surface area contributed by atoms with Gasteiger partial charge in [-0.25, -0.2) is 9.89 Å². The fourth-order valence-corrected chi connectivity index (χ4v) is 2.34. The van der Waals surface area contributed by atoms with Gasteiger partial charge in [0.25, 0.3) is 0 Å².